The van der Waals surface area contributed by atoms with Crippen LogP contribution >= 0.6 is 0 Å². The number of carboxylic acid groups (broad SMARTS) is 1. The largest absolute Gasteiger partial charge is 0.480 e. The third kappa shape index (κ3) is 10.1. The van der Waals surface area contributed by atoms with Gasteiger partial charge in [-0.1, -0.05) is 66.2 Å². The molecule has 0 saturated heterocycles. The van der Waals surface area contributed by atoms with E-state index >= 15 is 0 Å². The Kier molecular flexibility index (Phi) is 12.7. The van der Waals surface area contributed by atoms with Crippen molar-refractivity contribution in [2.24, 2.45) is 17.8 Å². The van der Waals surface area contributed by atoms with E-state index in [4.69, 9.17) is 0 Å². The lowest BCUT2D eigenvalue weighted by Crippen LogP contribution is -2.58. The Morgan fingerprint density at radius 3 is 2.25 bits per heavy atom. The standard InChI is InChI=1S/C25H41N5O6/c1-7-16(6)21(24(34)35)30-25(36)29-20(15(4)5)23(33)28-18-10-8-9-13-26-19(31)12-11-17(14(2)3)27-22(18)32/h8,10-12,14-18,20-21H,7,9,13H2,1-6H3,(H,26,31)(H,27,32)(H,28,33)(H,34,35)(H2,29,30,36). The van der Waals surface area contributed by atoms with Gasteiger partial charge in [0.05, 0.1) is 0 Å². The lowest BCUT2D eigenvalue weighted by atomic mass is 9.99. The zero-order valence-corrected chi connectivity index (χ0v) is 22.0. The number of amides is 5. The third-order valence-electron chi connectivity index (χ3n) is 6.00. The van der Waals surface area contributed by atoms with Crippen LogP contribution in [0.5, 0.6) is 0 Å². The predicted molar refractivity (Wildman–Crippen MR) is 136 cm³/mol. The molecule has 202 valence electrons. The van der Waals surface area contributed by atoms with E-state index in [1.807, 2.05) is 20.8 Å². The Labute approximate surface area is 212 Å². The fourth-order valence-corrected chi connectivity index (χ4v) is 3.44. The second kappa shape index (κ2) is 14.9. The summed E-state index contributed by atoms with van der Waals surface area (Å²) in [7, 11) is 0. The molecule has 5 amide bonds. The van der Waals surface area contributed by atoms with Gasteiger partial charge >= 0.3 is 12.0 Å². The zero-order chi connectivity index (χ0) is 27.4. The van der Waals surface area contributed by atoms with Gasteiger partial charge in [0.15, 0.2) is 0 Å². The van der Waals surface area contributed by atoms with E-state index in [1.54, 1.807) is 39.0 Å². The van der Waals surface area contributed by atoms with Crippen molar-refractivity contribution in [3.8, 4) is 0 Å². The highest BCUT2D eigenvalue weighted by Crippen LogP contribution is 2.09. The van der Waals surface area contributed by atoms with Gasteiger partial charge in [-0.15, -0.1) is 0 Å². The van der Waals surface area contributed by atoms with Crippen LogP contribution in [0.3, 0.4) is 0 Å². The molecule has 0 fully saturated rings. The predicted octanol–water partition coefficient (Wildman–Crippen LogP) is 1.07. The Morgan fingerprint density at radius 1 is 1.06 bits per heavy atom. The average Bonchev–Trinajstić information content (AvgIpc) is 2.80. The van der Waals surface area contributed by atoms with E-state index in [0.717, 1.165) is 0 Å². The number of hydrogen-bond donors (Lipinski definition) is 6. The number of carbonyl (C=O) groups is 5. The van der Waals surface area contributed by atoms with E-state index < -0.39 is 48.0 Å². The van der Waals surface area contributed by atoms with E-state index in [-0.39, 0.29) is 23.7 Å². The Balaban J connectivity index is 3.02. The highest BCUT2D eigenvalue weighted by atomic mass is 16.4. The van der Waals surface area contributed by atoms with Crippen molar-refractivity contribution in [2.75, 3.05) is 6.54 Å². The fourth-order valence-electron chi connectivity index (χ4n) is 3.44. The topological polar surface area (TPSA) is 166 Å². The maximum Gasteiger partial charge on any atom is 0.326 e. The summed E-state index contributed by atoms with van der Waals surface area (Å²) in [6, 6.07) is -4.35. The first-order chi connectivity index (χ1) is 16.9. The van der Waals surface area contributed by atoms with Crippen LogP contribution in [-0.4, -0.2) is 65.5 Å². The van der Waals surface area contributed by atoms with E-state index in [1.165, 1.54) is 6.08 Å². The van der Waals surface area contributed by atoms with Crippen LogP contribution in [0.25, 0.3) is 0 Å². The monoisotopic (exact) mass is 507 g/mol. The molecular weight excluding hydrogens is 466 g/mol. The SMILES string of the molecule is CCC(C)C(NC(=O)NC(C(=O)NC1C=CCCNC(=O)C=CC(C(C)C)NC1=O)C(C)C)C(=O)O. The molecule has 11 heteroatoms. The molecule has 0 aromatic carbocycles. The molecular formula is C25H41N5O6. The maximum absolute atomic E-state index is 13.1. The number of aliphatic carboxylic acids is 1. The molecule has 0 radical (unpaired) electrons. The molecule has 0 spiro atoms. The summed E-state index contributed by atoms with van der Waals surface area (Å²) in [6.07, 6.45) is 7.22. The van der Waals surface area contributed by atoms with Gasteiger partial charge in [0.25, 0.3) is 0 Å². The lowest BCUT2D eigenvalue weighted by Gasteiger charge is -2.27. The number of carboxylic acids is 1. The number of urea groups is 1. The van der Waals surface area contributed by atoms with E-state index in [2.05, 4.69) is 26.6 Å². The number of hydrogen-bond acceptors (Lipinski definition) is 5. The number of carbonyl (C=O) groups excluding carboxylic acids is 4. The van der Waals surface area contributed by atoms with E-state index in [9.17, 15) is 29.1 Å². The van der Waals surface area contributed by atoms with Gasteiger partial charge in [-0.05, 0) is 24.2 Å². The minimum atomic E-state index is -1.16. The summed E-state index contributed by atoms with van der Waals surface area (Å²) < 4.78 is 0. The van der Waals surface area contributed by atoms with Gasteiger partial charge in [-0.2, -0.15) is 0 Å². The minimum Gasteiger partial charge on any atom is -0.480 e. The van der Waals surface area contributed by atoms with Crippen molar-refractivity contribution >= 4 is 29.7 Å². The van der Waals surface area contributed by atoms with Gasteiger partial charge in [-0.25, -0.2) is 9.59 Å². The van der Waals surface area contributed by atoms with Crippen LogP contribution in [0.2, 0.25) is 0 Å². The van der Waals surface area contributed by atoms with Crippen LogP contribution in [-0.2, 0) is 19.2 Å². The molecule has 6 N–H and O–H groups in total. The smallest absolute Gasteiger partial charge is 0.326 e. The molecule has 0 aliphatic carbocycles. The van der Waals surface area contributed by atoms with Crippen LogP contribution in [0, 0.1) is 17.8 Å². The molecule has 1 aliphatic rings. The molecule has 1 heterocycles. The first-order valence-corrected chi connectivity index (χ1v) is 12.4. The van der Waals surface area contributed by atoms with Crippen molar-refractivity contribution in [3.63, 3.8) is 0 Å². The summed E-state index contributed by atoms with van der Waals surface area (Å²) in [4.78, 5) is 62.1. The molecule has 5 atom stereocenters. The van der Waals surface area contributed by atoms with Crippen LogP contribution in [0.1, 0.15) is 54.4 Å². The third-order valence-corrected chi connectivity index (χ3v) is 6.00. The van der Waals surface area contributed by atoms with Gasteiger partial charge < -0.3 is 31.7 Å². The number of rotatable bonds is 9. The summed E-state index contributed by atoms with van der Waals surface area (Å²) in [5.74, 6) is -3.13. The van der Waals surface area contributed by atoms with Crippen LogP contribution in [0.15, 0.2) is 24.3 Å². The van der Waals surface area contributed by atoms with Gasteiger partial charge in [0, 0.05) is 18.7 Å². The zero-order valence-electron chi connectivity index (χ0n) is 22.0. The van der Waals surface area contributed by atoms with Crippen molar-refractivity contribution in [2.45, 2.75) is 78.6 Å². The van der Waals surface area contributed by atoms with Crippen molar-refractivity contribution in [1.82, 2.24) is 26.6 Å². The van der Waals surface area contributed by atoms with Crippen molar-refractivity contribution < 1.29 is 29.1 Å². The summed E-state index contributed by atoms with van der Waals surface area (Å²) in [5.41, 5.74) is 0. The fraction of sp³-hybridized carbons (Fsp3) is 0.640. The normalized spacial score (nSPS) is 21.3. The minimum absolute atomic E-state index is 0.0114. The van der Waals surface area contributed by atoms with Gasteiger partial charge in [0.1, 0.15) is 18.1 Å². The van der Waals surface area contributed by atoms with Crippen LogP contribution < -0.4 is 26.6 Å². The highest BCUT2D eigenvalue weighted by molar-refractivity contribution is 5.94. The summed E-state index contributed by atoms with van der Waals surface area (Å²) in [5, 5.41) is 22.7. The first kappa shape index (κ1) is 30.7. The average molecular weight is 508 g/mol. The second-order valence-corrected chi connectivity index (χ2v) is 9.67. The molecule has 1 aliphatic heterocycles. The molecule has 11 nitrogen and oxygen atoms in total. The molecule has 0 aromatic heterocycles. The lowest BCUT2D eigenvalue weighted by molar-refractivity contribution is -0.140. The molecule has 0 aromatic rings. The van der Waals surface area contributed by atoms with Gasteiger partial charge in [-0.3, -0.25) is 14.4 Å². The maximum atomic E-state index is 13.1. The van der Waals surface area contributed by atoms with E-state index in [0.29, 0.717) is 19.4 Å². The highest BCUT2D eigenvalue weighted by Gasteiger charge is 2.31. The van der Waals surface area contributed by atoms with Gasteiger partial charge in [0.2, 0.25) is 17.7 Å². The van der Waals surface area contributed by atoms with Crippen molar-refractivity contribution in [3.05, 3.63) is 24.3 Å². The summed E-state index contributed by atoms with van der Waals surface area (Å²) >= 11 is 0. The second-order valence-electron chi connectivity index (χ2n) is 9.67. The molecule has 36 heavy (non-hydrogen) atoms. The molecule has 5 unspecified atom stereocenters. The Bertz CT molecular complexity index is 854. The summed E-state index contributed by atoms with van der Waals surface area (Å²) in [6.45, 7) is 11.1. The first-order valence-electron chi connectivity index (χ1n) is 12.4. The van der Waals surface area contributed by atoms with Crippen molar-refractivity contribution in [1.29, 1.82) is 0 Å². The molecule has 1 rings (SSSR count). The molecule has 0 saturated carbocycles. The quantitative estimate of drug-likeness (QED) is 0.255. The van der Waals surface area contributed by atoms with Crippen LogP contribution in [0.4, 0.5) is 4.79 Å². The number of nitrogens with one attached hydrogen (secondary N) is 5. The molecule has 0 bridgehead atoms. The Hall–Kier alpha value is -3.37. The Morgan fingerprint density at radius 2 is 1.69 bits per heavy atom.